The molecule has 0 aromatic carbocycles. The van der Waals surface area contributed by atoms with Gasteiger partial charge in [0, 0.05) is 6.07 Å². The first-order chi connectivity index (χ1) is 4.29. The number of furan rings is 1. The van der Waals surface area contributed by atoms with Crippen LogP contribution in [0.2, 0.25) is 0 Å². The average molecular weight is 128 g/mol. The van der Waals surface area contributed by atoms with Crippen LogP contribution < -0.4 is 4.74 Å². The van der Waals surface area contributed by atoms with Crippen LogP contribution in [0, 0.1) is 0 Å². The zero-order valence-electron chi connectivity index (χ0n) is 5.07. The van der Waals surface area contributed by atoms with E-state index in [1.54, 1.807) is 12.1 Å². The first kappa shape index (κ1) is 6.16. The van der Waals surface area contributed by atoms with Gasteiger partial charge in [-0.25, -0.2) is 0 Å². The summed E-state index contributed by atoms with van der Waals surface area (Å²) in [6, 6.07) is 3.32. The molecule has 1 aromatic rings. The Morgan fingerprint density at radius 2 is 2.56 bits per heavy atom. The van der Waals surface area contributed by atoms with Crippen molar-refractivity contribution in [3.8, 4) is 5.95 Å². The smallest absolute Gasteiger partial charge is 0.286 e. The van der Waals surface area contributed by atoms with Crippen molar-refractivity contribution in [3.05, 3.63) is 18.4 Å². The molecule has 1 rings (SSSR count). The molecule has 1 heterocycles. The highest BCUT2D eigenvalue weighted by molar-refractivity contribution is 5.03. The van der Waals surface area contributed by atoms with E-state index in [4.69, 9.17) is 14.3 Å². The molecule has 0 amide bonds. The van der Waals surface area contributed by atoms with Crippen molar-refractivity contribution >= 4 is 0 Å². The van der Waals surface area contributed by atoms with Crippen LogP contribution in [-0.2, 0) is 0 Å². The van der Waals surface area contributed by atoms with Gasteiger partial charge in [-0.05, 0) is 13.0 Å². The summed E-state index contributed by atoms with van der Waals surface area (Å²) in [6.07, 6.45) is 0.675. The Hall–Kier alpha value is -0.960. The Bertz CT molecular complexity index is 155. The van der Waals surface area contributed by atoms with Gasteiger partial charge in [0.05, 0.1) is 6.26 Å². The number of ether oxygens (including phenoxy) is 1. The molecule has 3 nitrogen and oxygen atoms in total. The summed E-state index contributed by atoms with van der Waals surface area (Å²) >= 11 is 0. The first-order valence-electron chi connectivity index (χ1n) is 2.67. The summed E-state index contributed by atoms with van der Waals surface area (Å²) in [4.78, 5) is 0. The SMILES string of the molecule is CC(O)Oc1ccco1. The van der Waals surface area contributed by atoms with Gasteiger partial charge in [-0.2, -0.15) is 0 Å². The minimum absolute atomic E-state index is 0.338. The van der Waals surface area contributed by atoms with Gasteiger partial charge in [0.1, 0.15) is 0 Å². The highest BCUT2D eigenvalue weighted by Crippen LogP contribution is 2.10. The highest BCUT2D eigenvalue weighted by Gasteiger charge is 1.97. The molecule has 9 heavy (non-hydrogen) atoms. The molecular formula is C6H8O3. The Morgan fingerprint density at radius 1 is 1.78 bits per heavy atom. The van der Waals surface area contributed by atoms with Crippen LogP contribution in [0.1, 0.15) is 6.92 Å². The van der Waals surface area contributed by atoms with E-state index in [-0.39, 0.29) is 0 Å². The van der Waals surface area contributed by atoms with E-state index >= 15 is 0 Å². The number of rotatable bonds is 2. The van der Waals surface area contributed by atoms with Gasteiger partial charge in [0.15, 0.2) is 6.29 Å². The highest BCUT2D eigenvalue weighted by atomic mass is 16.7. The van der Waals surface area contributed by atoms with E-state index < -0.39 is 6.29 Å². The maximum Gasteiger partial charge on any atom is 0.286 e. The molecule has 1 atom stereocenters. The summed E-state index contributed by atoms with van der Waals surface area (Å²) in [5.74, 6) is 0.338. The molecule has 0 bridgehead atoms. The van der Waals surface area contributed by atoms with Gasteiger partial charge < -0.3 is 14.3 Å². The second-order valence-electron chi connectivity index (χ2n) is 1.65. The van der Waals surface area contributed by atoms with Crippen molar-refractivity contribution in [2.45, 2.75) is 13.2 Å². The third-order valence-electron chi connectivity index (χ3n) is 0.782. The average Bonchev–Trinajstić information content (AvgIpc) is 2.15. The molecule has 0 spiro atoms. The molecule has 1 unspecified atom stereocenters. The second-order valence-corrected chi connectivity index (χ2v) is 1.65. The molecule has 3 heteroatoms. The van der Waals surface area contributed by atoms with Gasteiger partial charge >= 0.3 is 0 Å². The molecular weight excluding hydrogens is 120 g/mol. The number of hydrogen-bond acceptors (Lipinski definition) is 3. The largest absolute Gasteiger partial charge is 0.436 e. The number of aliphatic hydroxyl groups is 1. The van der Waals surface area contributed by atoms with E-state index in [9.17, 15) is 0 Å². The Morgan fingerprint density at radius 3 is 3.00 bits per heavy atom. The lowest BCUT2D eigenvalue weighted by Crippen LogP contribution is -2.08. The predicted molar refractivity (Wildman–Crippen MR) is 31.0 cm³/mol. The summed E-state index contributed by atoms with van der Waals surface area (Å²) < 4.78 is 9.51. The van der Waals surface area contributed by atoms with Crippen molar-refractivity contribution in [1.29, 1.82) is 0 Å². The van der Waals surface area contributed by atoms with Crippen molar-refractivity contribution in [1.82, 2.24) is 0 Å². The third kappa shape index (κ3) is 1.77. The summed E-state index contributed by atoms with van der Waals surface area (Å²) in [6.45, 7) is 1.52. The summed E-state index contributed by atoms with van der Waals surface area (Å²) in [7, 11) is 0. The van der Waals surface area contributed by atoms with E-state index in [1.807, 2.05) is 0 Å². The monoisotopic (exact) mass is 128 g/mol. The van der Waals surface area contributed by atoms with E-state index in [1.165, 1.54) is 13.2 Å². The van der Waals surface area contributed by atoms with E-state index in [0.29, 0.717) is 5.95 Å². The van der Waals surface area contributed by atoms with E-state index in [0.717, 1.165) is 0 Å². The van der Waals surface area contributed by atoms with Crippen LogP contribution in [0.4, 0.5) is 0 Å². The van der Waals surface area contributed by atoms with Crippen LogP contribution in [0.5, 0.6) is 5.95 Å². The van der Waals surface area contributed by atoms with Crippen molar-refractivity contribution in [2.75, 3.05) is 0 Å². The summed E-state index contributed by atoms with van der Waals surface area (Å²) in [5.41, 5.74) is 0. The third-order valence-corrected chi connectivity index (χ3v) is 0.782. The van der Waals surface area contributed by atoms with Crippen molar-refractivity contribution in [2.24, 2.45) is 0 Å². The molecule has 0 fully saturated rings. The van der Waals surface area contributed by atoms with Crippen LogP contribution in [0.25, 0.3) is 0 Å². The van der Waals surface area contributed by atoms with Crippen LogP contribution in [0.3, 0.4) is 0 Å². The fourth-order valence-corrected chi connectivity index (χ4v) is 0.499. The zero-order valence-corrected chi connectivity index (χ0v) is 5.07. The van der Waals surface area contributed by atoms with Gasteiger partial charge in [-0.15, -0.1) is 0 Å². The minimum Gasteiger partial charge on any atom is -0.436 e. The number of hydrogen-bond donors (Lipinski definition) is 1. The fourth-order valence-electron chi connectivity index (χ4n) is 0.499. The topological polar surface area (TPSA) is 42.6 Å². The van der Waals surface area contributed by atoms with Crippen LogP contribution in [0.15, 0.2) is 22.8 Å². The lowest BCUT2D eigenvalue weighted by molar-refractivity contribution is -0.0166. The molecule has 0 saturated carbocycles. The molecule has 0 aliphatic rings. The quantitative estimate of drug-likeness (QED) is 0.604. The molecule has 0 aliphatic carbocycles. The number of aliphatic hydroxyl groups excluding tert-OH is 1. The molecule has 1 aromatic heterocycles. The zero-order chi connectivity index (χ0) is 6.69. The standard InChI is InChI=1S/C6H8O3/c1-5(7)9-6-3-2-4-8-6/h2-5,7H,1H3. The van der Waals surface area contributed by atoms with Crippen LogP contribution >= 0.6 is 0 Å². The lowest BCUT2D eigenvalue weighted by atomic mass is 10.6. The molecule has 0 saturated heterocycles. The van der Waals surface area contributed by atoms with Gasteiger partial charge in [0.25, 0.3) is 5.95 Å². The second kappa shape index (κ2) is 2.55. The first-order valence-corrected chi connectivity index (χ1v) is 2.67. The van der Waals surface area contributed by atoms with Gasteiger partial charge in [0.2, 0.25) is 0 Å². The van der Waals surface area contributed by atoms with Crippen molar-refractivity contribution in [3.63, 3.8) is 0 Å². The molecule has 50 valence electrons. The van der Waals surface area contributed by atoms with E-state index in [2.05, 4.69) is 0 Å². The molecule has 0 radical (unpaired) electrons. The maximum absolute atomic E-state index is 8.64. The molecule has 0 aliphatic heterocycles. The van der Waals surface area contributed by atoms with Gasteiger partial charge in [-0.3, -0.25) is 0 Å². The summed E-state index contributed by atoms with van der Waals surface area (Å²) in [5, 5.41) is 8.64. The van der Waals surface area contributed by atoms with Gasteiger partial charge in [-0.1, -0.05) is 0 Å². The normalized spacial score (nSPS) is 13.1. The predicted octanol–water partition coefficient (Wildman–Crippen LogP) is 0.997. The van der Waals surface area contributed by atoms with Crippen LogP contribution in [-0.4, -0.2) is 11.4 Å². The Labute approximate surface area is 52.9 Å². The van der Waals surface area contributed by atoms with Crippen molar-refractivity contribution < 1.29 is 14.3 Å². The maximum atomic E-state index is 8.64. The fraction of sp³-hybridized carbons (Fsp3) is 0.333. The lowest BCUT2D eigenvalue weighted by Gasteiger charge is -2.02. The Balaban J connectivity index is 2.48. The molecule has 1 N–H and O–H groups in total. The Kier molecular flexibility index (Phi) is 1.75. The minimum atomic E-state index is -0.809.